The Labute approximate surface area is 211 Å². The molecule has 2 rings (SSSR count). The van der Waals surface area contributed by atoms with Gasteiger partial charge in [0.2, 0.25) is 0 Å². The second-order valence-corrected chi connectivity index (χ2v) is 13.0. The Balaban J connectivity index is 2.32. The first kappa shape index (κ1) is 29.0. The van der Waals surface area contributed by atoms with Crippen LogP contribution in [0.5, 0.6) is 0 Å². The molecule has 33 heavy (non-hydrogen) atoms. The zero-order chi connectivity index (χ0) is 24.6. The van der Waals surface area contributed by atoms with Crippen molar-refractivity contribution in [1.82, 2.24) is 0 Å². The third kappa shape index (κ3) is 6.73. The average Bonchev–Trinajstić information content (AvgIpc) is 3.39. The Bertz CT molecular complexity index is 561. The van der Waals surface area contributed by atoms with Gasteiger partial charge in [0.05, 0.1) is 0 Å². The van der Waals surface area contributed by atoms with Crippen LogP contribution < -0.4 is 0 Å². The summed E-state index contributed by atoms with van der Waals surface area (Å²) < 4.78 is 0. The maximum Gasteiger partial charge on any atom is 0.105 e. The maximum absolute atomic E-state index is 2.70. The summed E-state index contributed by atoms with van der Waals surface area (Å²) in [7, 11) is 2.54. The lowest BCUT2D eigenvalue weighted by Gasteiger charge is -2.39. The van der Waals surface area contributed by atoms with Gasteiger partial charge in [-0.3, -0.25) is 0 Å². The predicted octanol–water partition coefficient (Wildman–Crippen LogP) is 9.75. The topological polar surface area (TPSA) is 0 Å². The number of hydrogen-bond donors (Lipinski definition) is 0. The molecule has 192 valence electrons. The fourth-order valence-electron chi connectivity index (χ4n) is 8.72. The molecule has 2 aliphatic carbocycles. The van der Waals surface area contributed by atoms with Crippen LogP contribution in [0.25, 0.3) is 0 Å². The van der Waals surface area contributed by atoms with Crippen LogP contribution in [0.4, 0.5) is 0 Å². The minimum Gasteiger partial charge on any atom is -0.0914 e. The van der Waals surface area contributed by atoms with E-state index in [0.29, 0.717) is 5.41 Å². The zero-order valence-corrected chi connectivity index (χ0v) is 24.3. The third-order valence-corrected chi connectivity index (χ3v) is 10.5. The van der Waals surface area contributed by atoms with Gasteiger partial charge >= 0.3 is 0 Å². The lowest BCUT2D eigenvalue weighted by atomic mass is 9.66. The molecule has 2 fully saturated rings. The van der Waals surface area contributed by atoms with Gasteiger partial charge in [-0.25, -0.2) is 0 Å². The summed E-state index contributed by atoms with van der Waals surface area (Å²) in [5.41, 5.74) is 0.599. The smallest absolute Gasteiger partial charge is 0.0914 e. The van der Waals surface area contributed by atoms with E-state index in [1.54, 1.807) is 0 Å². The molecule has 1 heteroatoms. The minimum atomic E-state index is 0.599. The lowest BCUT2D eigenvalue weighted by molar-refractivity contribution is 0.118. The standard InChI is InChI=1S/C32H61B/c1-9-13-15-21-32(30(26(8)33)31(32)27-19-16-20-27)28(17-11-3)22-25(7)29(23(5)12-4)24(6)18-14-10-2/h11,17,23-31H,9-10,12-16,18-22,33H2,1-8H3. The molecule has 9 unspecified atom stereocenters. The molecule has 0 heterocycles. The Morgan fingerprint density at radius 2 is 1.58 bits per heavy atom. The summed E-state index contributed by atoms with van der Waals surface area (Å²) in [5.74, 6) is 8.05. The van der Waals surface area contributed by atoms with Crippen molar-refractivity contribution in [2.24, 2.45) is 52.8 Å². The number of unbranched alkanes of at least 4 members (excludes halogenated alkanes) is 3. The van der Waals surface area contributed by atoms with Crippen molar-refractivity contribution in [3.8, 4) is 0 Å². The van der Waals surface area contributed by atoms with E-state index in [9.17, 15) is 0 Å². The lowest BCUT2D eigenvalue weighted by Crippen LogP contribution is -2.31. The molecule has 0 saturated heterocycles. The SMILES string of the molecule is BC(C)C1C(C2CCC2)C1(CCCCC)C(C=CC)CC(C)C(C(C)CC)C(C)CCCC. The molecular formula is C32H61B. The molecule has 0 spiro atoms. The van der Waals surface area contributed by atoms with Crippen molar-refractivity contribution in [3.63, 3.8) is 0 Å². The summed E-state index contributed by atoms with van der Waals surface area (Å²) in [4.78, 5) is 0. The molecule has 0 bridgehead atoms. The molecule has 0 amide bonds. The van der Waals surface area contributed by atoms with E-state index in [1.165, 1.54) is 77.0 Å². The minimum absolute atomic E-state index is 0.599. The maximum atomic E-state index is 2.70. The van der Waals surface area contributed by atoms with E-state index in [0.717, 1.165) is 53.2 Å². The molecule has 9 atom stereocenters. The van der Waals surface area contributed by atoms with Crippen LogP contribution in [0, 0.1) is 52.8 Å². The van der Waals surface area contributed by atoms with Crippen LogP contribution in [0.1, 0.15) is 132 Å². The monoisotopic (exact) mass is 456 g/mol. The van der Waals surface area contributed by atoms with E-state index < -0.39 is 0 Å². The van der Waals surface area contributed by atoms with Crippen LogP contribution in [0.15, 0.2) is 12.2 Å². The van der Waals surface area contributed by atoms with Crippen LogP contribution in [-0.4, -0.2) is 7.85 Å². The van der Waals surface area contributed by atoms with Gasteiger partial charge in [-0.15, -0.1) is 0 Å². The van der Waals surface area contributed by atoms with Gasteiger partial charge in [-0.05, 0) is 72.5 Å². The summed E-state index contributed by atoms with van der Waals surface area (Å²) in [6.07, 6.45) is 22.3. The molecule has 2 saturated carbocycles. The molecule has 0 nitrogen and oxygen atoms in total. The van der Waals surface area contributed by atoms with E-state index in [-0.39, 0.29) is 0 Å². The second-order valence-electron chi connectivity index (χ2n) is 13.0. The number of allylic oxidation sites excluding steroid dienone is 2. The Morgan fingerprint density at radius 3 is 2.06 bits per heavy atom. The Hall–Kier alpha value is -0.195. The molecular weight excluding hydrogens is 395 g/mol. The average molecular weight is 457 g/mol. The highest BCUT2D eigenvalue weighted by Gasteiger charge is 2.69. The van der Waals surface area contributed by atoms with Gasteiger partial charge in [0.25, 0.3) is 0 Å². The molecule has 0 aromatic heterocycles. The van der Waals surface area contributed by atoms with E-state index in [4.69, 9.17) is 0 Å². The Kier molecular flexibility index (Phi) is 12.1. The van der Waals surface area contributed by atoms with Gasteiger partial charge in [0, 0.05) is 0 Å². The summed E-state index contributed by atoms with van der Waals surface area (Å²) in [6, 6.07) is 0. The predicted molar refractivity (Wildman–Crippen MR) is 153 cm³/mol. The number of rotatable bonds is 17. The quantitative estimate of drug-likeness (QED) is 0.116. The molecule has 0 radical (unpaired) electrons. The van der Waals surface area contributed by atoms with E-state index in [2.05, 4.69) is 75.4 Å². The normalized spacial score (nSPS) is 31.0. The second kappa shape index (κ2) is 13.8. The third-order valence-electron chi connectivity index (χ3n) is 10.5. The van der Waals surface area contributed by atoms with Crippen LogP contribution in [-0.2, 0) is 0 Å². The van der Waals surface area contributed by atoms with Gasteiger partial charge < -0.3 is 0 Å². The van der Waals surface area contributed by atoms with Crippen LogP contribution in [0.2, 0.25) is 5.82 Å². The van der Waals surface area contributed by atoms with Crippen molar-refractivity contribution in [2.75, 3.05) is 0 Å². The Morgan fingerprint density at radius 1 is 0.909 bits per heavy atom. The molecule has 0 aliphatic heterocycles. The fourth-order valence-corrected chi connectivity index (χ4v) is 8.72. The van der Waals surface area contributed by atoms with Crippen molar-refractivity contribution >= 4 is 7.85 Å². The van der Waals surface area contributed by atoms with Crippen molar-refractivity contribution in [1.29, 1.82) is 0 Å². The first-order valence-corrected chi connectivity index (χ1v) is 15.4. The summed E-state index contributed by atoms with van der Waals surface area (Å²) >= 11 is 0. The van der Waals surface area contributed by atoms with E-state index in [1.807, 2.05) is 0 Å². The van der Waals surface area contributed by atoms with Crippen LogP contribution in [0.3, 0.4) is 0 Å². The van der Waals surface area contributed by atoms with Gasteiger partial charge in [0.1, 0.15) is 7.85 Å². The van der Waals surface area contributed by atoms with Gasteiger partial charge in [-0.1, -0.05) is 131 Å². The summed E-state index contributed by atoms with van der Waals surface area (Å²) in [5, 5.41) is 0. The van der Waals surface area contributed by atoms with E-state index >= 15 is 0 Å². The highest BCUT2D eigenvalue weighted by molar-refractivity contribution is 6.11. The molecule has 0 aromatic carbocycles. The fraction of sp³-hybridized carbons (Fsp3) is 0.938. The molecule has 0 N–H and O–H groups in total. The zero-order valence-electron chi connectivity index (χ0n) is 24.3. The first-order valence-electron chi connectivity index (χ1n) is 15.4. The first-order chi connectivity index (χ1) is 15.8. The highest BCUT2D eigenvalue weighted by atomic mass is 14.7. The number of hydrogen-bond acceptors (Lipinski definition) is 0. The van der Waals surface area contributed by atoms with Gasteiger partial charge in [0.15, 0.2) is 0 Å². The van der Waals surface area contributed by atoms with Crippen molar-refractivity contribution < 1.29 is 0 Å². The highest BCUT2D eigenvalue weighted by Crippen LogP contribution is 2.75. The van der Waals surface area contributed by atoms with Crippen LogP contribution >= 0.6 is 0 Å². The molecule has 0 aromatic rings. The molecule has 2 aliphatic rings. The summed E-state index contributed by atoms with van der Waals surface area (Å²) in [6.45, 7) is 19.8. The largest absolute Gasteiger partial charge is 0.105 e. The van der Waals surface area contributed by atoms with Crippen molar-refractivity contribution in [3.05, 3.63) is 12.2 Å². The van der Waals surface area contributed by atoms with Gasteiger partial charge in [-0.2, -0.15) is 0 Å². The van der Waals surface area contributed by atoms with Crippen molar-refractivity contribution in [2.45, 2.75) is 138 Å².